The van der Waals surface area contributed by atoms with Crippen LogP contribution < -0.4 is 0 Å². The molecule has 0 heterocycles. The fourth-order valence-electron chi connectivity index (χ4n) is 5.84. The molecular weight excluding hydrogens is 381 g/mol. The SMILES string of the molecule is CCCCCCC[C@H]1CC[C@H](C2CCC(c3cc(F)c(C#N)c(Cl)c3)CC2)CC1. The van der Waals surface area contributed by atoms with Gasteiger partial charge in [-0.3, -0.25) is 0 Å². The van der Waals surface area contributed by atoms with Crippen LogP contribution >= 0.6 is 11.6 Å². The Labute approximate surface area is 182 Å². The summed E-state index contributed by atoms with van der Waals surface area (Å²) in [7, 11) is 0. The first-order valence-electron chi connectivity index (χ1n) is 12.0. The van der Waals surface area contributed by atoms with Gasteiger partial charge in [0.1, 0.15) is 17.4 Å². The van der Waals surface area contributed by atoms with Crippen molar-refractivity contribution in [1.82, 2.24) is 0 Å². The van der Waals surface area contributed by atoms with E-state index in [1.54, 1.807) is 6.07 Å². The first kappa shape index (κ1) is 22.6. The van der Waals surface area contributed by atoms with E-state index >= 15 is 0 Å². The van der Waals surface area contributed by atoms with Gasteiger partial charge in [-0.15, -0.1) is 0 Å². The molecule has 0 saturated heterocycles. The molecule has 29 heavy (non-hydrogen) atoms. The largest absolute Gasteiger partial charge is 0.205 e. The molecule has 2 saturated carbocycles. The third-order valence-electron chi connectivity index (χ3n) is 7.69. The lowest BCUT2D eigenvalue weighted by atomic mass is 9.68. The molecule has 3 rings (SSSR count). The van der Waals surface area contributed by atoms with Crippen molar-refractivity contribution < 1.29 is 4.39 Å². The Kier molecular flexibility index (Phi) is 8.85. The molecule has 0 spiro atoms. The van der Waals surface area contributed by atoms with Crippen molar-refractivity contribution in [3.63, 3.8) is 0 Å². The maximum Gasteiger partial charge on any atom is 0.142 e. The van der Waals surface area contributed by atoms with Crippen LogP contribution in [0.4, 0.5) is 4.39 Å². The number of unbranched alkanes of at least 4 members (excludes halogenated alkanes) is 4. The number of rotatable bonds is 8. The van der Waals surface area contributed by atoms with Crippen molar-refractivity contribution in [2.24, 2.45) is 17.8 Å². The average Bonchev–Trinajstić information content (AvgIpc) is 2.74. The highest BCUT2D eigenvalue weighted by Crippen LogP contribution is 2.45. The van der Waals surface area contributed by atoms with Crippen LogP contribution in [0.3, 0.4) is 0 Å². The first-order chi connectivity index (χ1) is 14.1. The minimum atomic E-state index is -0.467. The quantitative estimate of drug-likeness (QED) is 0.387. The van der Waals surface area contributed by atoms with Crippen molar-refractivity contribution in [1.29, 1.82) is 5.26 Å². The summed E-state index contributed by atoms with van der Waals surface area (Å²) in [5.41, 5.74) is 0.961. The maximum atomic E-state index is 14.1. The van der Waals surface area contributed by atoms with Crippen molar-refractivity contribution in [2.75, 3.05) is 0 Å². The van der Waals surface area contributed by atoms with Crippen LogP contribution in [0.5, 0.6) is 0 Å². The normalized spacial score (nSPS) is 27.5. The fraction of sp³-hybridized carbons (Fsp3) is 0.731. The van der Waals surface area contributed by atoms with E-state index in [-0.39, 0.29) is 10.6 Å². The van der Waals surface area contributed by atoms with Gasteiger partial charge in [-0.2, -0.15) is 5.26 Å². The summed E-state index contributed by atoms with van der Waals surface area (Å²) in [6, 6.07) is 5.22. The smallest absolute Gasteiger partial charge is 0.142 e. The molecule has 0 amide bonds. The molecule has 2 aliphatic carbocycles. The molecule has 2 aliphatic rings. The molecule has 0 unspecified atom stereocenters. The van der Waals surface area contributed by atoms with Crippen molar-refractivity contribution in [2.45, 2.75) is 103 Å². The Balaban J connectivity index is 1.41. The van der Waals surface area contributed by atoms with Crippen LogP contribution in [-0.2, 0) is 0 Å². The highest BCUT2D eigenvalue weighted by molar-refractivity contribution is 6.31. The van der Waals surface area contributed by atoms with E-state index in [1.165, 1.54) is 77.0 Å². The predicted octanol–water partition coefficient (Wildman–Crippen LogP) is 8.79. The summed E-state index contributed by atoms with van der Waals surface area (Å²) in [4.78, 5) is 0. The Hall–Kier alpha value is -1.07. The third-order valence-corrected chi connectivity index (χ3v) is 7.99. The van der Waals surface area contributed by atoms with Gasteiger partial charge in [0.05, 0.1) is 5.02 Å². The molecule has 0 aromatic heterocycles. The van der Waals surface area contributed by atoms with Crippen LogP contribution in [0.1, 0.15) is 114 Å². The second-order valence-electron chi connectivity index (χ2n) is 9.57. The van der Waals surface area contributed by atoms with Gasteiger partial charge < -0.3 is 0 Å². The molecule has 0 atom stereocenters. The summed E-state index contributed by atoms with van der Waals surface area (Å²) < 4.78 is 14.1. The maximum absolute atomic E-state index is 14.1. The number of benzene rings is 1. The molecule has 0 bridgehead atoms. The van der Waals surface area contributed by atoms with Crippen molar-refractivity contribution in [3.05, 3.63) is 34.1 Å². The minimum absolute atomic E-state index is 0.0220. The second-order valence-corrected chi connectivity index (χ2v) is 9.97. The van der Waals surface area contributed by atoms with Gasteiger partial charge in [-0.1, -0.05) is 69.9 Å². The summed E-state index contributed by atoms with van der Waals surface area (Å²) >= 11 is 6.12. The second kappa shape index (κ2) is 11.4. The van der Waals surface area contributed by atoms with Crippen LogP contribution in [0.15, 0.2) is 12.1 Å². The van der Waals surface area contributed by atoms with Gasteiger partial charge >= 0.3 is 0 Å². The zero-order valence-corrected chi connectivity index (χ0v) is 18.8. The Morgan fingerprint density at radius 3 is 2.14 bits per heavy atom. The summed E-state index contributed by atoms with van der Waals surface area (Å²) in [5, 5.41) is 9.27. The molecule has 2 fully saturated rings. The highest BCUT2D eigenvalue weighted by Gasteiger charge is 2.31. The first-order valence-corrected chi connectivity index (χ1v) is 12.4. The monoisotopic (exact) mass is 417 g/mol. The summed E-state index contributed by atoms with van der Waals surface area (Å²) in [6.45, 7) is 2.28. The Morgan fingerprint density at radius 1 is 0.931 bits per heavy atom. The number of nitrogens with zero attached hydrogens (tertiary/aromatic N) is 1. The number of hydrogen-bond acceptors (Lipinski definition) is 1. The van der Waals surface area contributed by atoms with Gasteiger partial charge in [0.2, 0.25) is 0 Å². The van der Waals surface area contributed by atoms with E-state index in [4.69, 9.17) is 16.9 Å². The molecule has 1 aromatic rings. The van der Waals surface area contributed by atoms with Crippen molar-refractivity contribution >= 4 is 11.6 Å². The fourth-order valence-corrected chi connectivity index (χ4v) is 6.10. The van der Waals surface area contributed by atoms with E-state index in [1.807, 2.05) is 12.1 Å². The van der Waals surface area contributed by atoms with E-state index in [0.29, 0.717) is 5.92 Å². The number of hydrogen-bond donors (Lipinski definition) is 0. The molecule has 0 radical (unpaired) electrons. The van der Waals surface area contributed by atoms with Gasteiger partial charge in [0, 0.05) is 0 Å². The van der Waals surface area contributed by atoms with Crippen molar-refractivity contribution in [3.8, 4) is 6.07 Å². The Morgan fingerprint density at radius 2 is 1.55 bits per heavy atom. The molecule has 0 aliphatic heterocycles. The number of nitriles is 1. The van der Waals surface area contributed by atoms with E-state index < -0.39 is 5.82 Å². The van der Waals surface area contributed by atoms with Gasteiger partial charge in [-0.25, -0.2) is 4.39 Å². The summed E-state index contributed by atoms with van der Waals surface area (Å²) in [5.74, 6) is 2.67. The molecule has 1 nitrogen and oxygen atoms in total. The van der Waals surface area contributed by atoms with Gasteiger partial charge in [-0.05, 0) is 79.9 Å². The van der Waals surface area contributed by atoms with E-state index in [0.717, 1.165) is 36.2 Å². The molecular formula is C26H37ClFN. The zero-order chi connectivity index (χ0) is 20.6. The molecule has 3 heteroatoms. The topological polar surface area (TPSA) is 23.8 Å². The van der Waals surface area contributed by atoms with Gasteiger partial charge in [0.15, 0.2) is 0 Å². The molecule has 160 valence electrons. The molecule has 1 aromatic carbocycles. The number of halogens is 2. The summed E-state index contributed by atoms with van der Waals surface area (Å²) in [6.07, 6.45) is 19.0. The molecule has 0 N–H and O–H groups in total. The van der Waals surface area contributed by atoms with E-state index in [9.17, 15) is 4.39 Å². The zero-order valence-electron chi connectivity index (χ0n) is 18.1. The van der Waals surface area contributed by atoms with Gasteiger partial charge in [0.25, 0.3) is 0 Å². The Bertz CT molecular complexity index is 655. The predicted molar refractivity (Wildman–Crippen MR) is 120 cm³/mol. The third kappa shape index (κ3) is 6.21. The lowest BCUT2D eigenvalue weighted by Crippen LogP contribution is -2.25. The van der Waals surface area contributed by atoms with E-state index in [2.05, 4.69) is 6.92 Å². The minimum Gasteiger partial charge on any atom is -0.205 e. The highest BCUT2D eigenvalue weighted by atomic mass is 35.5. The lowest BCUT2D eigenvalue weighted by Gasteiger charge is -2.38. The van der Waals surface area contributed by atoms with Crippen LogP contribution in [0.2, 0.25) is 5.02 Å². The lowest BCUT2D eigenvalue weighted by molar-refractivity contribution is 0.155. The van der Waals surface area contributed by atoms with Crippen LogP contribution in [0, 0.1) is 34.9 Å². The van der Waals surface area contributed by atoms with Crippen LogP contribution in [0.25, 0.3) is 0 Å². The van der Waals surface area contributed by atoms with Crippen LogP contribution in [-0.4, -0.2) is 0 Å². The average molecular weight is 418 g/mol. The standard InChI is InChI=1S/C26H37ClFN/c1-2-3-4-5-6-7-19-8-10-20(11-9-19)21-12-14-22(15-13-21)23-16-25(27)24(18-29)26(28)17-23/h16-17,19-22H,2-15H2,1H3/t19-,20-,21?,22?.